The monoisotopic (exact) mass is 382 g/mol. The Bertz CT molecular complexity index is 886. The quantitative estimate of drug-likeness (QED) is 0.632. The Hall–Kier alpha value is -2.27. The fraction of sp³-hybridized carbons (Fsp3) is 0.364. The molecule has 142 valence electrons. The van der Waals surface area contributed by atoms with Crippen molar-refractivity contribution in [1.82, 2.24) is 0 Å². The van der Waals surface area contributed by atoms with Crippen LogP contribution in [0.25, 0.3) is 0 Å². The number of nitrogens with one attached hydrogen (secondary N) is 2. The summed E-state index contributed by atoms with van der Waals surface area (Å²) < 4.78 is 0.203. The van der Waals surface area contributed by atoms with E-state index in [2.05, 4.69) is 50.5 Å². The third kappa shape index (κ3) is 4.53. The molecule has 0 spiro atoms. The number of carbonyl (C=O) groups excluding carboxylic acids is 2. The molecule has 0 bridgehead atoms. The Balaban J connectivity index is 1.73. The van der Waals surface area contributed by atoms with Crippen LogP contribution in [0.3, 0.4) is 0 Å². The van der Waals surface area contributed by atoms with Crippen LogP contribution >= 0.6 is 11.8 Å². The zero-order chi connectivity index (χ0) is 19.8. The van der Waals surface area contributed by atoms with E-state index in [-0.39, 0.29) is 22.0 Å². The van der Waals surface area contributed by atoms with E-state index in [1.165, 1.54) is 17.4 Å². The number of urea groups is 1. The second-order valence-corrected chi connectivity index (χ2v) is 10.1. The van der Waals surface area contributed by atoms with Gasteiger partial charge in [-0.25, -0.2) is 4.79 Å². The number of benzene rings is 2. The highest BCUT2D eigenvalue weighted by Gasteiger charge is 2.38. The largest absolute Gasteiger partial charge is 0.323 e. The highest BCUT2D eigenvalue weighted by molar-refractivity contribution is 8.00. The first kappa shape index (κ1) is 19.5. The second kappa shape index (κ2) is 7.04. The predicted molar refractivity (Wildman–Crippen MR) is 113 cm³/mol. The van der Waals surface area contributed by atoms with Crippen LogP contribution in [0.15, 0.2) is 47.4 Å². The summed E-state index contributed by atoms with van der Waals surface area (Å²) >= 11 is 1.89. The van der Waals surface area contributed by atoms with Crippen LogP contribution in [0.5, 0.6) is 0 Å². The van der Waals surface area contributed by atoms with Gasteiger partial charge in [-0.05, 0) is 66.8 Å². The minimum absolute atomic E-state index is 0.00345. The molecule has 2 aromatic carbocycles. The fourth-order valence-electron chi connectivity index (χ4n) is 3.80. The van der Waals surface area contributed by atoms with Crippen LogP contribution in [0.1, 0.15) is 57.0 Å². The Morgan fingerprint density at radius 3 is 2.15 bits per heavy atom. The van der Waals surface area contributed by atoms with Gasteiger partial charge in [-0.3, -0.25) is 4.79 Å². The van der Waals surface area contributed by atoms with Gasteiger partial charge in [0.1, 0.15) is 0 Å². The summed E-state index contributed by atoms with van der Waals surface area (Å²) in [5, 5.41) is 5.71. The number of carbonyl (C=O) groups is 2. The Morgan fingerprint density at radius 2 is 1.52 bits per heavy atom. The summed E-state index contributed by atoms with van der Waals surface area (Å²) in [5.74, 6) is 0.00345. The molecule has 0 aromatic heterocycles. The SMILES string of the molecule is CC(=O)c1ccc(NC(=O)Nc2ccc3c(c2)C(C)(C)CC(C)(C)S3)cc1. The Morgan fingerprint density at radius 1 is 0.926 bits per heavy atom. The zero-order valence-electron chi connectivity index (χ0n) is 16.5. The van der Waals surface area contributed by atoms with E-state index < -0.39 is 0 Å². The van der Waals surface area contributed by atoms with Crippen molar-refractivity contribution in [3.8, 4) is 0 Å². The van der Waals surface area contributed by atoms with Crippen LogP contribution in [0.4, 0.5) is 16.2 Å². The number of anilines is 2. The van der Waals surface area contributed by atoms with Crippen molar-refractivity contribution in [3.63, 3.8) is 0 Å². The van der Waals surface area contributed by atoms with Crippen molar-refractivity contribution < 1.29 is 9.59 Å². The standard InChI is InChI=1S/C22H26N2O2S/c1-14(25)15-6-8-16(9-7-15)23-20(26)24-17-10-11-19-18(12-17)21(2,3)13-22(4,5)27-19/h6-12H,13H2,1-5H3,(H2,23,24,26). The highest BCUT2D eigenvalue weighted by atomic mass is 32.2. The van der Waals surface area contributed by atoms with E-state index in [4.69, 9.17) is 0 Å². The molecular formula is C22H26N2O2S. The molecule has 1 heterocycles. The van der Waals surface area contributed by atoms with Gasteiger partial charge < -0.3 is 10.6 Å². The molecule has 4 nitrogen and oxygen atoms in total. The van der Waals surface area contributed by atoms with Crippen LogP contribution in [-0.4, -0.2) is 16.6 Å². The van der Waals surface area contributed by atoms with E-state index in [0.29, 0.717) is 11.3 Å². The molecule has 0 atom stereocenters. The lowest BCUT2D eigenvalue weighted by Gasteiger charge is -2.41. The molecular weight excluding hydrogens is 356 g/mol. The number of Topliss-reactive ketones (excluding diaryl/α,β-unsaturated/α-hetero) is 1. The number of rotatable bonds is 3. The first-order valence-electron chi connectivity index (χ1n) is 9.08. The number of hydrogen-bond donors (Lipinski definition) is 2. The molecule has 2 N–H and O–H groups in total. The molecule has 0 fully saturated rings. The zero-order valence-corrected chi connectivity index (χ0v) is 17.3. The molecule has 0 radical (unpaired) electrons. The number of thioether (sulfide) groups is 1. The van der Waals surface area contributed by atoms with Gasteiger partial charge >= 0.3 is 6.03 Å². The smallest absolute Gasteiger partial charge is 0.308 e. The van der Waals surface area contributed by atoms with Crippen molar-refractivity contribution >= 4 is 35.0 Å². The second-order valence-electron chi connectivity index (χ2n) is 8.35. The third-order valence-electron chi connectivity index (χ3n) is 4.77. The molecule has 5 heteroatoms. The molecule has 0 unspecified atom stereocenters. The van der Waals surface area contributed by atoms with Gasteiger partial charge in [0.25, 0.3) is 0 Å². The number of ketones is 1. The van der Waals surface area contributed by atoms with E-state index >= 15 is 0 Å². The summed E-state index contributed by atoms with van der Waals surface area (Å²) in [7, 11) is 0. The highest BCUT2D eigenvalue weighted by Crippen LogP contribution is 2.51. The Kier molecular flexibility index (Phi) is 5.08. The topological polar surface area (TPSA) is 58.2 Å². The predicted octanol–water partition coefficient (Wildman–Crippen LogP) is 6.09. The van der Waals surface area contributed by atoms with Gasteiger partial charge in [0, 0.05) is 26.6 Å². The van der Waals surface area contributed by atoms with Gasteiger partial charge in [0.15, 0.2) is 5.78 Å². The molecule has 1 aliphatic heterocycles. The van der Waals surface area contributed by atoms with E-state index in [1.54, 1.807) is 24.3 Å². The van der Waals surface area contributed by atoms with Gasteiger partial charge in [-0.15, -0.1) is 11.8 Å². The van der Waals surface area contributed by atoms with Crippen molar-refractivity contribution in [2.24, 2.45) is 0 Å². The summed E-state index contributed by atoms with van der Waals surface area (Å²) in [6, 6.07) is 12.7. The fourth-order valence-corrected chi connectivity index (χ4v) is 5.41. The summed E-state index contributed by atoms with van der Waals surface area (Å²) in [6.07, 6.45) is 1.08. The maximum atomic E-state index is 12.3. The number of amides is 2. The lowest BCUT2D eigenvalue weighted by molar-refractivity contribution is 0.101. The van der Waals surface area contributed by atoms with Gasteiger partial charge in [-0.1, -0.05) is 27.7 Å². The maximum absolute atomic E-state index is 12.3. The van der Waals surface area contributed by atoms with E-state index in [0.717, 1.165) is 12.1 Å². The summed E-state index contributed by atoms with van der Waals surface area (Å²) in [6.45, 7) is 10.6. The summed E-state index contributed by atoms with van der Waals surface area (Å²) in [4.78, 5) is 24.9. The lowest BCUT2D eigenvalue weighted by atomic mass is 9.77. The first-order valence-corrected chi connectivity index (χ1v) is 9.90. The van der Waals surface area contributed by atoms with Crippen molar-refractivity contribution in [1.29, 1.82) is 0 Å². The average molecular weight is 383 g/mol. The first-order chi connectivity index (χ1) is 12.6. The molecule has 0 saturated heterocycles. The van der Waals surface area contributed by atoms with Gasteiger partial charge in [0.05, 0.1) is 0 Å². The van der Waals surface area contributed by atoms with Crippen LogP contribution < -0.4 is 10.6 Å². The molecule has 3 rings (SSSR count). The van der Waals surface area contributed by atoms with Crippen LogP contribution in [0, 0.1) is 0 Å². The van der Waals surface area contributed by atoms with E-state index in [1.807, 2.05) is 17.8 Å². The van der Waals surface area contributed by atoms with Gasteiger partial charge in [-0.2, -0.15) is 0 Å². The normalized spacial score (nSPS) is 16.9. The van der Waals surface area contributed by atoms with E-state index in [9.17, 15) is 9.59 Å². The van der Waals surface area contributed by atoms with Crippen molar-refractivity contribution in [2.75, 3.05) is 10.6 Å². The van der Waals surface area contributed by atoms with Crippen LogP contribution in [-0.2, 0) is 5.41 Å². The lowest BCUT2D eigenvalue weighted by Crippen LogP contribution is -2.33. The minimum Gasteiger partial charge on any atom is -0.308 e. The van der Waals surface area contributed by atoms with Gasteiger partial charge in [0.2, 0.25) is 0 Å². The number of fused-ring (bicyclic) bond motifs is 1. The molecule has 0 aliphatic carbocycles. The van der Waals surface area contributed by atoms with Crippen molar-refractivity contribution in [2.45, 2.75) is 56.1 Å². The molecule has 27 heavy (non-hydrogen) atoms. The Labute approximate surface area is 165 Å². The van der Waals surface area contributed by atoms with Crippen molar-refractivity contribution in [3.05, 3.63) is 53.6 Å². The molecule has 1 aliphatic rings. The third-order valence-corrected chi connectivity index (χ3v) is 6.04. The number of hydrogen-bond acceptors (Lipinski definition) is 3. The summed E-state index contributed by atoms with van der Waals surface area (Å²) in [5.41, 5.74) is 3.38. The maximum Gasteiger partial charge on any atom is 0.323 e. The minimum atomic E-state index is -0.299. The molecule has 2 aromatic rings. The molecule has 0 saturated carbocycles. The average Bonchev–Trinajstić information content (AvgIpc) is 2.54. The molecule has 2 amide bonds. The van der Waals surface area contributed by atoms with Crippen LogP contribution in [0.2, 0.25) is 0 Å².